The van der Waals surface area contributed by atoms with Crippen LogP contribution in [0.3, 0.4) is 0 Å². The molecule has 0 aliphatic rings. The number of carbonyl (C=O) groups excluding carboxylic acids is 1. The summed E-state index contributed by atoms with van der Waals surface area (Å²) in [4.78, 5) is 12.7. The van der Waals surface area contributed by atoms with Crippen LogP contribution in [0.5, 0.6) is 0 Å². The van der Waals surface area contributed by atoms with Gasteiger partial charge in [-0.25, -0.2) is 14.3 Å². The molecule has 0 saturated heterocycles. The van der Waals surface area contributed by atoms with E-state index in [1.165, 1.54) is 6.07 Å². The first-order chi connectivity index (χ1) is 13.1. The topological polar surface area (TPSA) is 61.4 Å². The molecule has 0 aliphatic carbocycles. The highest BCUT2D eigenvalue weighted by Gasteiger charge is 2.15. The van der Waals surface area contributed by atoms with Gasteiger partial charge >= 0.3 is 0 Å². The van der Waals surface area contributed by atoms with E-state index in [9.17, 15) is 13.6 Å². The van der Waals surface area contributed by atoms with Gasteiger partial charge < -0.3 is 10.5 Å². The van der Waals surface area contributed by atoms with Gasteiger partial charge in [0, 0.05) is 30.3 Å². The predicted octanol–water partition coefficient (Wildman–Crippen LogP) is 4.04. The molecule has 27 heavy (non-hydrogen) atoms. The molecule has 3 N–H and O–H groups in total. The molecule has 3 rings (SSSR count). The van der Waals surface area contributed by atoms with Crippen molar-refractivity contribution in [1.29, 1.82) is 0 Å². The second-order valence-electron chi connectivity index (χ2n) is 5.96. The lowest BCUT2D eigenvalue weighted by Gasteiger charge is -2.14. The zero-order valence-electron chi connectivity index (χ0n) is 14.4. The van der Waals surface area contributed by atoms with E-state index in [4.69, 9.17) is 5.21 Å². The zero-order valence-corrected chi connectivity index (χ0v) is 14.4. The molecule has 0 saturated carbocycles. The van der Waals surface area contributed by atoms with Crippen molar-refractivity contribution in [2.24, 2.45) is 0 Å². The third kappa shape index (κ3) is 4.36. The highest BCUT2D eigenvalue weighted by Crippen LogP contribution is 2.27. The van der Waals surface area contributed by atoms with Gasteiger partial charge in [0.25, 0.3) is 5.91 Å². The summed E-state index contributed by atoms with van der Waals surface area (Å²) in [5.74, 6) is -1.74. The largest absolute Gasteiger partial charge is 0.348 e. The number of rotatable bonds is 6. The highest BCUT2D eigenvalue weighted by atomic mass is 19.1. The Morgan fingerprint density at radius 3 is 2.30 bits per heavy atom. The van der Waals surface area contributed by atoms with Crippen LogP contribution in [0.25, 0.3) is 11.1 Å². The molecule has 0 fully saturated rings. The van der Waals surface area contributed by atoms with Crippen LogP contribution < -0.4 is 10.8 Å². The summed E-state index contributed by atoms with van der Waals surface area (Å²) < 4.78 is 26.8. The van der Waals surface area contributed by atoms with Crippen LogP contribution in [0.2, 0.25) is 0 Å². The lowest BCUT2D eigenvalue weighted by Crippen LogP contribution is -2.24. The number of hydrogen-bond acceptors (Lipinski definition) is 3. The van der Waals surface area contributed by atoms with Crippen LogP contribution in [-0.2, 0) is 13.1 Å². The van der Waals surface area contributed by atoms with Crippen molar-refractivity contribution in [3.05, 3.63) is 95.1 Å². The van der Waals surface area contributed by atoms with Crippen molar-refractivity contribution in [3.8, 4) is 11.1 Å². The van der Waals surface area contributed by atoms with Crippen LogP contribution >= 0.6 is 0 Å². The number of amides is 1. The summed E-state index contributed by atoms with van der Waals surface area (Å²) in [7, 11) is 0. The molecule has 3 aromatic carbocycles. The van der Waals surface area contributed by atoms with E-state index in [2.05, 4.69) is 10.8 Å². The molecule has 0 aromatic heterocycles. The molecular formula is C21H18F2N2O2. The second-order valence-corrected chi connectivity index (χ2v) is 5.96. The fraction of sp³-hybridized carbons (Fsp3) is 0.0952. The van der Waals surface area contributed by atoms with Gasteiger partial charge in [-0.15, -0.1) is 0 Å². The Hall–Kier alpha value is -3.09. The first-order valence-corrected chi connectivity index (χ1v) is 8.36. The van der Waals surface area contributed by atoms with Gasteiger partial charge in [-0.3, -0.25) is 4.79 Å². The lowest BCUT2D eigenvalue weighted by atomic mass is 9.95. The van der Waals surface area contributed by atoms with Crippen molar-refractivity contribution >= 4 is 5.91 Å². The van der Waals surface area contributed by atoms with Gasteiger partial charge in [0.05, 0.1) is 0 Å². The summed E-state index contributed by atoms with van der Waals surface area (Å²) in [5, 5.41) is 11.7. The number of hydrogen-bond donors (Lipinski definition) is 3. The van der Waals surface area contributed by atoms with Gasteiger partial charge in [-0.05, 0) is 28.8 Å². The Morgan fingerprint density at radius 1 is 0.852 bits per heavy atom. The van der Waals surface area contributed by atoms with Gasteiger partial charge in [0.15, 0.2) is 0 Å². The SMILES string of the molecule is O=C(NCc1ccc(F)cc1F)c1ccccc1-c1ccccc1CNO. The quantitative estimate of drug-likeness (QED) is 0.576. The number of halogens is 2. The molecule has 0 atom stereocenters. The van der Waals surface area contributed by atoms with Gasteiger partial charge in [0.1, 0.15) is 11.6 Å². The van der Waals surface area contributed by atoms with Crippen molar-refractivity contribution in [2.45, 2.75) is 13.1 Å². The average Bonchev–Trinajstić information content (AvgIpc) is 2.68. The molecule has 0 heterocycles. The second kappa shape index (κ2) is 8.53. The van der Waals surface area contributed by atoms with Gasteiger partial charge in [-0.2, -0.15) is 0 Å². The molecule has 6 heteroatoms. The molecule has 0 unspecified atom stereocenters. The maximum Gasteiger partial charge on any atom is 0.252 e. The maximum atomic E-state index is 13.8. The Labute approximate surface area is 155 Å². The normalized spacial score (nSPS) is 10.6. The van der Waals surface area contributed by atoms with Crippen molar-refractivity contribution in [2.75, 3.05) is 0 Å². The smallest absolute Gasteiger partial charge is 0.252 e. The fourth-order valence-corrected chi connectivity index (χ4v) is 2.87. The number of hydroxylamine groups is 1. The fourth-order valence-electron chi connectivity index (χ4n) is 2.87. The van der Waals surface area contributed by atoms with E-state index in [1.54, 1.807) is 12.1 Å². The van der Waals surface area contributed by atoms with E-state index in [1.807, 2.05) is 36.4 Å². The molecule has 0 radical (unpaired) electrons. The van der Waals surface area contributed by atoms with Crippen molar-refractivity contribution in [3.63, 3.8) is 0 Å². The minimum absolute atomic E-state index is 0.0564. The minimum Gasteiger partial charge on any atom is -0.348 e. The molecular weight excluding hydrogens is 350 g/mol. The van der Waals surface area contributed by atoms with E-state index >= 15 is 0 Å². The Balaban J connectivity index is 1.86. The van der Waals surface area contributed by atoms with Crippen LogP contribution in [0.1, 0.15) is 21.5 Å². The van der Waals surface area contributed by atoms with E-state index in [0.717, 1.165) is 23.3 Å². The number of carbonyl (C=O) groups is 1. The molecule has 3 aromatic rings. The van der Waals surface area contributed by atoms with Crippen LogP contribution in [0.15, 0.2) is 66.7 Å². The molecule has 0 spiro atoms. The predicted molar refractivity (Wildman–Crippen MR) is 98.0 cm³/mol. The monoisotopic (exact) mass is 368 g/mol. The summed E-state index contributed by atoms with van der Waals surface area (Å²) in [6.07, 6.45) is 0. The first-order valence-electron chi connectivity index (χ1n) is 8.36. The number of nitrogens with one attached hydrogen (secondary N) is 2. The standard InChI is InChI=1S/C21H18F2N2O2/c22-16-10-9-15(20(23)11-16)12-24-21(26)19-8-4-3-7-18(19)17-6-2-1-5-14(17)13-25-27/h1-11,25,27H,12-13H2,(H,24,26). The van der Waals surface area contributed by atoms with E-state index in [-0.39, 0.29) is 24.6 Å². The Kier molecular flexibility index (Phi) is 5.90. The van der Waals surface area contributed by atoms with E-state index in [0.29, 0.717) is 11.1 Å². The lowest BCUT2D eigenvalue weighted by molar-refractivity contribution is 0.0951. The van der Waals surface area contributed by atoms with Crippen molar-refractivity contribution in [1.82, 2.24) is 10.8 Å². The van der Waals surface area contributed by atoms with Crippen LogP contribution in [-0.4, -0.2) is 11.1 Å². The minimum atomic E-state index is -0.706. The Bertz CT molecular complexity index is 960. The molecule has 0 aliphatic heterocycles. The van der Waals surface area contributed by atoms with Gasteiger partial charge in [0.2, 0.25) is 0 Å². The summed E-state index contributed by atoms with van der Waals surface area (Å²) in [6, 6.07) is 17.7. The summed E-state index contributed by atoms with van der Waals surface area (Å²) in [5.41, 5.74) is 5.07. The third-order valence-corrected chi connectivity index (χ3v) is 4.20. The molecule has 1 amide bonds. The molecule has 138 valence electrons. The van der Waals surface area contributed by atoms with Crippen molar-refractivity contribution < 1.29 is 18.8 Å². The summed E-state index contributed by atoms with van der Waals surface area (Å²) in [6.45, 7) is 0.173. The van der Waals surface area contributed by atoms with Gasteiger partial charge in [-0.1, -0.05) is 48.5 Å². The van der Waals surface area contributed by atoms with Crippen LogP contribution in [0, 0.1) is 11.6 Å². The number of benzene rings is 3. The Morgan fingerprint density at radius 2 is 1.56 bits per heavy atom. The third-order valence-electron chi connectivity index (χ3n) is 4.20. The zero-order chi connectivity index (χ0) is 19.2. The summed E-state index contributed by atoms with van der Waals surface area (Å²) >= 11 is 0. The molecule has 0 bridgehead atoms. The molecule has 4 nitrogen and oxygen atoms in total. The average molecular weight is 368 g/mol. The first kappa shape index (κ1) is 18.7. The van der Waals surface area contributed by atoms with Crippen LogP contribution in [0.4, 0.5) is 8.78 Å². The maximum absolute atomic E-state index is 13.8. The van der Waals surface area contributed by atoms with E-state index < -0.39 is 11.6 Å². The highest BCUT2D eigenvalue weighted by molar-refractivity contribution is 6.01.